The van der Waals surface area contributed by atoms with Crippen molar-refractivity contribution in [3.8, 4) is 0 Å². The van der Waals surface area contributed by atoms with Crippen LogP contribution in [0.3, 0.4) is 0 Å². The van der Waals surface area contributed by atoms with Gasteiger partial charge in [0.2, 0.25) is 5.91 Å². The first-order valence-corrected chi connectivity index (χ1v) is 6.27. The topological polar surface area (TPSA) is 59.3 Å². The zero-order valence-corrected chi connectivity index (χ0v) is 12.0. The van der Waals surface area contributed by atoms with Gasteiger partial charge < -0.3 is 0 Å². The van der Waals surface area contributed by atoms with Crippen molar-refractivity contribution in [1.29, 1.82) is 0 Å². The number of carbonyl (C=O) groups is 1. The summed E-state index contributed by atoms with van der Waals surface area (Å²) < 4.78 is 1.98. The van der Waals surface area contributed by atoms with E-state index in [0.29, 0.717) is 12.5 Å². The molecule has 0 aliphatic rings. The van der Waals surface area contributed by atoms with Crippen LogP contribution in [0.2, 0.25) is 0 Å². The molecule has 5 heteroatoms. The van der Waals surface area contributed by atoms with Gasteiger partial charge in [0, 0.05) is 23.7 Å². The monoisotopic (exact) mass is 250 g/mol. The summed E-state index contributed by atoms with van der Waals surface area (Å²) in [6, 6.07) is 0.315. The summed E-state index contributed by atoms with van der Waals surface area (Å²) in [5.41, 5.74) is 6.36. The third-order valence-corrected chi connectivity index (χ3v) is 2.85. The Bertz CT molecular complexity index is 472. The lowest BCUT2D eigenvalue weighted by molar-refractivity contribution is -0.120. The van der Waals surface area contributed by atoms with Crippen molar-refractivity contribution in [2.75, 3.05) is 0 Å². The Labute approximate surface area is 108 Å². The number of rotatable bonds is 4. The normalized spacial score (nSPS) is 12.1. The van der Waals surface area contributed by atoms with Crippen LogP contribution in [0.25, 0.3) is 0 Å². The molecule has 0 aliphatic carbocycles. The molecule has 1 aromatic rings. The molecule has 1 N–H and O–H groups in total. The number of aromatic nitrogens is 2. The number of aryl methyl sites for hydroxylation is 1. The number of carbonyl (C=O) groups excluding carboxylic acids is 1. The fraction of sp³-hybridized carbons (Fsp3) is 0.615. The van der Waals surface area contributed by atoms with E-state index in [-0.39, 0.29) is 5.91 Å². The van der Waals surface area contributed by atoms with E-state index in [1.807, 2.05) is 25.5 Å². The van der Waals surface area contributed by atoms with Gasteiger partial charge in [-0.15, -0.1) is 0 Å². The van der Waals surface area contributed by atoms with Crippen molar-refractivity contribution in [3.05, 3.63) is 17.0 Å². The molecule has 1 heterocycles. The average molecular weight is 250 g/mol. The highest BCUT2D eigenvalue weighted by molar-refractivity contribution is 6.01. The Hall–Kier alpha value is -1.65. The van der Waals surface area contributed by atoms with E-state index in [0.717, 1.165) is 22.7 Å². The smallest absolute Gasteiger partial charge is 0.239 e. The van der Waals surface area contributed by atoms with Gasteiger partial charge in [-0.2, -0.15) is 10.2 Å². The van der Waals surface area contributed by atoms with E-state index in [9.17, 15) is 4.79 Å². The minimum Gasteiger partial charge on any atom is -0.273 e. The van der Waals surface area contributed by atoms with Gasteiger partial charge in [0.1, 0.15) is 0 Å². The van der Waals surface area contributed by atoms with Crippen LogP contribution in [0.1, 0.15) is 57.1 Å². The standard InChI is InChI=1S/C13H22N4O/c1-7-12(18)15-14-9(4)13-10(5)16-17(8(2)3)11(13)6/h8H,7H2,1-6H3,(H,15,18). The zero-order valence-electron chi connectivity index (χ0n) is 12.0. The number of hydrogen-bond donors (Lipinski definition) is 1. The number of nitrogens with one attached hydrogen (secondary N) is 1. The predicted molar refractivity (Wildman–Crippen MR) is 72.7 cm³/mol. The maximum atomic E-state index is 11.2. The fourth-order valence-electron chi connectivity index (χ4n) is 1.97. The van der Waals surface area contributed by atoms with Crippen LogP contribution < -0.4 is 5.43 Å². The highest BCUT2D eigenvalue weighted by Crippen LogP contribution is 2.17. The lowest BCUT2D eigenvalue weighted by atomic mass is 10.1. The molecule has 0 spiro atoms. The van der Waals surface area contributed by atoms with Crippen molar-refractivity contribution >= 4 is 11.6 Å². The van der Waals surface area contributed by atoms with Crippen molar-refractivity contribution in [1.82, 2.24) is 15.2 Å². The van der Waals surface area contributed by atoms with Gasteiger partial charge in [0.25, 0.3) is 0 Å². The first-order valence-electron chi connectivity index (χ1n) is 6.27. The summed E-state index contributed by atoms with van der Waals surface area (Å²) in [6.07, 6.45) is 0.431. The molecule has 0 saturated carbocycles. The molecule has 0 atom stereocenters. The Balaban J connectivity index is 3.06. The van der Waals surface area contributed by atoms with Crippen LogP contribution in [0, 0.1) is 13.8 Å². The second-order valence-corrected chi connectivity index (χ2v) is 4.67. The number of amides is 1. The molecule has 0 aromatic carbocycles. The lowest BCUT2D eigenvalue weighted by Gasteiger charge is -2.08. The summed E-state index contributed by atoms with van der Waals surface area (Å²) in [5.74, 6) is -0.0825. The summed E-state index contributed by atoms with van der Waals surface area (Å²) >= 11 is 0. The molecule has 0 aliphatic heterocycles. The van der Waals surface area contributed by atoms with Gasteiger partial charge in [-0.1, -0.05) is 6.92 Å². The molecular weight excluding hydrogens is 228 g/mol. The van der Waals surface area contributed by atoms with Crippen LogP contribution in [-0.2, 0) is 4.79 Å². The Morgan fingerprint density at radius 3 is 2.50 bits per heavy atom. The average Bonchev–Trinajstić information content (AvgIpc) is 2.61. The SMILES string of the molecule is CCC(=O)NN=C(C)c1c(C)nn(C(C)C)c1C. The Morgan fingerprint density at radius 1 is 1.44 bits per heavy atom. The second-order valence-electron chi connectivity index (χ2n) is 4.67. The van der Waals surface area contributed by atoms with Crippen LogP contribution >= 0.6 is 0 Å². The van der Waals surface area contributed by atoms with Crippen LogP contribution in [0.4, 0.5) is 0 Å². The largest absolute Gasteiger partial charge is 0.273 e. The second kappa shape index (κ2) is 5.80. The van der Waals surface area contributed by atoms with E-state index < -0.39 is 0 Å². The molecule has 5 nitrogen and oxygen atoms in total. The first-order chi connectivity index (χ1) is 8.38. The maximum absolute atomic E-state index is 11.2. The number of hydrazone groups is 1. The summed E-state index contributed by atoms with van der Waals surface area (Å²) in [7, 11) is 0. The number of hydrogen-bond acceptors (Lipinski definition) is 3. The van der Waals surface area contributed by atoms with Gasteiger partial charge in [0.05, 0.1) is 11.4 Å². The molecule has 1 aromatic heterocycles. The fourth-order valence-corrected chi connectivity index (χ4v) is 1.97. The summed E-state index contributed by atoms with van der Waals surface area (Å²) in [4.78, 5) is 11.2. The van der Waals surface area contributed by atoms with Crippen molar-refractivity contribution < 1.29 is 4.79 Å². The van der Waals surface area contributed by atoms with Crippen molar-refractivity contribution in [2.24, 2.45) is 5.10 Å². The molecule has 0 fully saturated rings. The quantitative estimate of drug-likeness (QED) is 0.658. The van der Waals surface area contributed by atoms with Crippen molar-refractivity contribution in [3.63, 3.8) is 0 Å². The first kappa shape index (κ1) is 14.4. The van der Waals surface area contributed by atoms with Crippen LogP contribution in [0.5, 0.6) is 0 Å². The van der Waals surface area contributed by atoms with E-state index in [1.54, 1.807) is 6.92 Å². The number of nitrogens with zero attached hydrogens (tertiary/aromatic N) is 3. The molecule has 1 amide bonds. The molecular formula is C13H22N4O. The summed E-state index contributed by atoms with van der Waals surface area (Å²) in [5, 5.41) is 8.62. The van der Waals surface area contributed by atoms with E-state index in [1.165, 1.54) is 0 Å². The van der Waals surface area contributed by atoms with Gasteiger partial charge in [-0.05, 0) is 34.6 Å². The van der Waals surface area contributed by atoms with E-state index >= 15 is 0 Å². The molecule has 0 radical (unpaired) electrons. The van der Waals surface area contributed by atoms with Crippen molar-refractivity contribution in [2.45, 2.75) is 54.0 Å². The summed E-state index contributed by atoms with van der Waals surface area (Å²) in [6.45, 7) is 11.9. The van der Waals surface area contributed by atoms with Crippen LogP contribution in [0.15, 0.2) is 5.10 Å². The molecule has 0 saturated heterocycles. The van der Waals surface area contributed by atoms with Gasteiger partial charge in [-0.3, -0.25) is 9.48 Å². The molecule has 100 valence electrons. The van der Waals surface area contributed by atoms with Crippen LogP contribution in [-0.4, -0.2) is 21.4 Å². The molecule has 0 bridgehead atoms. The highest BCUT2D eigenvalue weighted by Gasteiger charge is 2.15. The van der Waals surface area contributed by atoms with E-state index in [2.05, 4.69) is 29.5 Å². The minimum atomic E-state index is -0.0825. The van der Waals surface area contributed by atoms with Gasteiger partial charge >= 0.3 is 0 Å². The zero-order chi connectivity index (χ0) is 13.9. The highest BCUT2D eigenvalue weighted by atomic mass is 16.2. The van der Waals surface area contributed by atoms with Gasteiger partial charge in [-0.25, -0.2) is 5.43 Å². The minimum absolute atomic E-state index is 0.0825. The maximum Gasteiger partial charge on any atom is 0.239 e. The Kier molecular flexibility index (Phi) is 4.64. The third-order valence-electron chi connectivity index (χ3n) is 2.85. The van der Waals surface area contributed by atoms with Gasteiger partial charge in [0.15, 0.2) is 0 Å². The third kappa shape index (κ3) is 2.97. The van der Waals surface area contributed by atoms with E-state index in [4.69, 9.17) is 0 Å². The molecule has 18 heavy (non-hydrogen) atoms. The molecule has 0 unspecified atom stereocenters. The lowest BCUT2D eigenvalue weighted by Crippen LogP contribution is -2.18. The Morgan fingerprint density at radius 2 is 2.06 bits per heavy atom. The molecule has 1 rings (SSSR count). The predicted octanol–water partition coefficient (Wildman–Crippen LogP) is 2.33.